The first-order valence-electron chi connectivity index (χ1n) is 22.7. The maximum Gasteiger partial charge on any atom is 0.289 e. The van der Waals surface area contributed by atoms with Crippen LogP contribution in [0.5, 0.6) is 5.75 Å². The summed E-state index contributed by atoms with van der Waals surface area (Å²) in [5.41, 5.74) is -1.16. The lowest BCUT2D eigenvalue weighted by molar-refractivity contribution is -0.145. The first kappa shape index (κ1) is 45.6. The molecule has 4 heterocycles. The Morgan fingerprint density at radius 2 is 1.71 bits per heavy atom. The van der Waals surface area contributed by atoms with Crippen LogP contribution in [0.1, 0.15) is 121 Å². The third-order valence-corrected chi connectivity index (χ3v) is 13.5. The molecule has 3 saturated heterocycles. The van der Waals surface area contributed by atoms with E-state index in [2.05, 4.69) is 36.1 Å². The zero-order chi connectivity index (χ0) is 45.1. The van der Waals surface area contributed by atoms with Crippen molar-refractivity contribution < 1.29 is 38.3 Å². The number of benzene rings is 1. The summed E-state index contributed by atoms with van der Waals surface area (Å²) >= 11 is 0. The van der Waals surface area contributed by atoms with Crippen LogP contribution in [0.2, 0.25) is 0 Å². The summed E-state index contributed by atoms with van der Waals surface area (Å²) in [6.45, 7) is 8.02. The number of nitrogens with zero attached hydrogens (tertiary/aromatic N) is 5. The van der Waals surface area contributed by atoms with Crippen LogP contribution in [0.4, 0.5) is 0 Å². The Morgan fingerprint density at radius 1 is 0.952 bits per heavy atom. The van der Waals surface area contributed by atoms with Crippen LogP contribution in [-0.4, -0.2) is 128 Å². The van der Waals surface area contributed by atoms with Gasteiger partial charge in [0, 0.05) is 37.9 Å². The van der Waals surface area contributed by atoms with E-state index in [-0.39, 0.29) is 49.5 Å². The highest BCUT2D eigenvalue weighted by Crippen LogP contribution is 2.47. The molecule has 6 amide bonds. The predicted octanol–water partition coefficient (Wildman–Crippen LogP) is 2.63. The van der Waals surface area contributed by atoms with Crippen LogP contribution in [0.25, 0.3) is 0 Å². The molecule has 3 aliphatic heterocycles. The van der Waals surface area contributed by atoms with Crippen LogP contribution in [0.15, 0.2) is 42.9 Å². The molecule has 2 unspecified atom stereocenters. The molecule has 1 spiro atoms. The van der Waals surface area contributed by atoms with E-state index in [0.717, 1.165) is 44.1 Å². The number of amides is 6. The summed E-state index contributed by atoms with van der Waals surface area (Å²) in [6, 6.07) is 2.40. The second kappa shape index (κ2) is 19.1. The molecule has 2 saturated carbocycles. The van der Waals surface area contributed by atoms with Crippen molar-refractivity contribution >= 4 is 41.2 Å². The lowest BCUT2D eigenvalue weighted by atomic mass is 9.82. The fourth-order valence-corrected chi connectivity index (χ4v) is 9.99. The van der Waals surface area contributed by atoms with Gasteiger partial charge in [0.05, 0.1) is 31.9 Å². The van der Waals surface area contributed by atoms with E-state index in [1.165, 1.54) is 23.5 Å². The number of ether oxygens (including phenoxy) is 1. The number of hydrogen-bond donors (Lipinski definition) is 4. The molecule has 17 nitrogen and oxygen atoms in total. The topological polar surface area (TPSA) is 212 Å². The maximum absolute atomic E-state index is 15.5. The molecule has 1 aromatic heterocycles. The zero-order valence-electron chi connectivity index (χ0n) is 37.2. The largest absolute Gasteiger partial charge is 0.497 e. The number of methoxy groups -OCH3 is 1. The van der Waals surface area contributed by atoms with Crippen molar-refractivity contribution in [2.24, 2.45) is 11.3 Å². The van der Waals surface area contributed by atoms with Gasteiger partial charge in [0.15, 0.2) is 0 Å². The lowest BCUT2D eigenvalue weighted by Gasteiger charge is -2.41. The Hall–Kier alpha value is -5.45. The van der Waals surface area contributed by atoms with Crippen LogP contribution in [0, 0.1) is 11.3 Å². The molecule has 4 N–H and O–H groups in total. The minimum atomic E-state index is -1.19. The number of likely N-dealkylation sites (tertiary alicyclic amines) is 1. The highest BCUT2D eigenvalue weighted by molar-refractivity contribution is 6.38. The van der Waals surface area contributed by atoms with Crippen molar-refractivity contribution in [3.05, 3.63) is 54.1 Å². The van der Waals surface area contributed by atoms with Crippen LogP contribution in [0.3, 0.4) is 0 Å². The average molecular weight is 870 g/mol. The van der Waals surface area contributed by atoms with Crippen molar-refractivity contribution in [2.75, 3.05) is 20.2 Å². The van der Waals surface area contributed by atoms with Gasteiger partial charge in [-0.05, 0) is 74.0 Å². The van der Waals surface area contributed by atoms with E-state index in [9.17, 15) is 28.8 Å². The van der Waals surface area contributed by atoms with Crippen molar-refractivity contribution in [3.8, 4) is 5.75 Å². The average Bonchev–Trinajstić information content (AvgIpc) is 3.70. The highest BCUT2D eigenvalue weighted by Gasteiger charge is 2.65. The molecule has 2 aromatic rings. The number of carbonyl (C=O) groups excluding carboxylic acids is 7. The van der Waals surface area contributed by atoms with Crippen molar-refractivity contribution in [2.45, 2.75) is 153 Å². The number of fused-ring (bicyclic) bond motifs is 2. The van der Waals surface area contributed by atoms with E-state index in [4.69, 9.17) is 4.74 Å². The second-order valence-electron chi connectivity index (χ2n) is 19.0. The van der Waals surface area contributed by atoms with Crippen molar-refractivity contribution in [1.29, 1.82) is 0 Å². The van der Waals surface area contributed by atoms with Crippen molar-refractivity contribution in [3.63, 3.8) is 0 Å². The Morgan fingerprint density at radius 3 is 2.38 bits per heavy atom. The quantitative estimate of drug-likeness (QED) is 0.180. The van der Waals surface area contributed by atoms with E-state index in [1.54, 1.807) is 12.0 Å². The van der Waals surface area contributed by atoms with E-state index in [0.29, 0.717) is 38.0 Å². The van der Waals surface area contributed by atoms with Gasteiger partial charge in [-0.3, -0.25) is 43.4 Å². The normalized spacial score (nSPS) is 24.0. The summed E-state index contributed by atoms with van der Waals surface area (Å²) < 4.78 is 5.50. The molecule has 1 aromatic carbocycles. The Kier molecular flexibility index (Phi) is 13.8. The molecule has 0 radical (unpaired) electrons. The standard InChI is InChI=1S/C46H63N9O8/c1-6-12-32(37(56)42(60)49-30-18-19-30)50-40(58)35-24-46(54-22-11-17-34(54)43(61)55(46)26-28-13-10-16-31(23-28)63-5)27-53(35)44(62)38(45(2,3)4)52-41(59)36(29-14-8-7-9-15-29)51-39(57)33-25-47-20-21-48-33/h10,13,16,20-21,23,25,29-30,32,34-36,38H,6-9,11-12,14-15,17-19,22,24,26-27H2,1-5H3,(H,49,60)(H,50,58)(H,51,57)(H,52,59)/t32?,34-,35+,36+,38-,46?/m1/s1. The van der Waals surface area contributed by atoms with E-state index in [1.807, 2.05) is 52.0 Å². The van der Waals surface area contributed by atoms with E-state index < -0.39 is 76.6 Å². The number of Topliss-reactive ketones (excluding diaryl/α,β-unsaturated/α-hetero) is 1. The minimum Gasteiger partial charge on any atom is -0.497 e. The Balaban J connectivity index is 1.23. The van der Waals surface area contributed by atoms with Crippen molar-refractivity contribution in [1.82, 2.24) is 45.9 Å². The first-order valence-corrected chi connectivity index (χ1v) is 22.7. The molecule has 5 fully saturated rings. The van der Waals surface area contributed by atoms with Gasteiger partial charge in [-0.25, -0.2) is 4.98 Å². The molecule has 2 aliphatic carbocycles. The molecule has 340 valence electrons. The third-order valence-electron chi connectivity index (χ3n) is 13.5. The number of carbonyl (C=O) groups is 7. The second-order valence-corrected chi connectivity index (χ2v) is 19.0. The molecular weight excluding hydrogens is 807 g/mol. The third kappa shape index (κ3) is 9.87. The number of aromatic nitrogens is 2. The minimum absolute atomic E-state index is 0.0295. The highest BCUT2D eigenvalue weighted by atomic mass is 16.5. The molecule has 0 bridgehead atoms. The molecule has 5 aliphatic rings. The van der Waals surface area contributed by atoms with Gasteiger partial charge in [0.1, 0.15) is 35.2 Å². The molecule has 6 atom stereocenters. The molecular formula is C46H63N9O8. The number of nitrogens with one attached hydrogen (secondary N) is 4. The SMILES string of the molecule is CCCC(NC(=O)[C@@H]1CC2(CN1C(=O)[C@@H](NC(=O)[C@@H](NC(=O)c1cnccn1)C1CCCCC1)C(C)(C)C)N(Cc1cccc(OC)c1)C(=O)[C@H]1CCCN12)C(=O)C(=O)NC1CC1. The molecule has 7 rings (SSSR count). The van der Waals surface area contributed by atoms with Gasteiger partial charge in [-0.15, -0.1) is 0 Å². The number of rotatable bonds is 16. The van der Waals surface area contributed by atoms with Crippen LogP contribution < -0.4 is 26.0 Å². The molecule has 17 heteroatoms. The summed E-state index contributed by atoms with van der Waals surface area (Å²) in [5.74, 6) is -3.46. The smallest absolute Gasteiger partial charge is 0.289 e. The van der Waals surface area contributed by atoms with Crippen LogP contribution in [-0.2, 0) is 35.3 Å². The van der Waals surface area contributed by atoms with Gasteiger partial charge < -0.3 is 35.8 Å². The van der Waals surface area contributed by atoms with Gasteiger partial charge in [0.2, 0.25) is 29.4 Å². The monoisotopic (exact) mass is 869 g/mol. The Labute approximate surface area is 369 Å². The number of ketones is 1. The van der Waals surface area contributed by atoms with Gasteiger partial charge in [-0.2, -0.15) is 0 Å². The Bertz CT molecular complexity index is 2050. The maximum atomic E-state index is 15.5. The summed E-state index contributed by atoms with van der Waals surface area (Å²) in [7, 11) is 1.57. The zero-order valence-corrected chi connectivity index (χ0v) is 37.2. The van der Waals surface area contributed by atoms with Gasteiger partial charge in [-0.1, -0.05) is 65.5 Å². The van der Waals surface area contributed by atoms with Gasteiger partial charge in [0.25, 0.3) is 11.8 Å². The molecule has 63 heavy (non-hydrogen) atoms. The van der Waals surface area contributed by atoms with Gasteiger partial charge >= 0.3 is 0 Å². The fraction of sp³-hybridized carbons (Fsp3) is 0.630. The predicted molar refractivity (Wildman–Crippen MR) is 230 cm³/mol. The van der Waals surface area contributed by atoms with Crippen LogP contribution >= 0.6 is 0 Å². The van der Waals surface area contributed by atoms with E-state index >= 15 is 4.79 Å². The summed E-state index contributed by atoms with van der Waals surface area (Å²) in [6.07, 6.45) is 12.0. The number of hydrogen-bond acceptors (Lipinski definition) is 11. The first-order chi connectivity index (χ1) is 30.1. The lowest BCUT2D eigenvalue weighted by Crippen LogP contribution is -2.62. The summed E-state index contributed by atoms with van der Waals surface area (Å²) in [5, 5.41) is 11.5. The fourth-order valence-electron chi connectivity index (χ4n) is 9.99. The summed E-state index contributed by atoms with van der Waals surface area (Å²) in [4.78, 5) is 113.